The van der Waals surface area contributed by atoms with Crippen molar-refractivity contribution in [1.29, 1.82) is 0 Å². The van der Waals surface area contributed by atoms with E-state index in [1.165, 1.54) is 17.7 Å². The highest BCUT2D eigenvalue weighted by molar-refractivity contribution is 5.92. The van der Waals surface area contributed by atoms with Crippen LogP contribution in [0, 0.1) is 5.82 Å². The molecule has 3 aromatic rings. The summed E-state index contributed by atoms with van der Waals surface area (Å²) in [6.45, 7) is 1.01. The van der Waals surface area contributed by atoms with Crippen LogP contribution in [-0.4, -0.2) is 19.5 Å². The van der Waals surface area contributed by atoms with Gasteiger partial charge in [0.25, 0.3) is 5.91 Å². The molecule has 0 fully saturated rings. The Hall–Kier alpha value is -2.98. The van der Waals surface area contributed by atoms with Gasteiger partial charge in [0.05, 0.1) is 7.05 Å². The minimum absolute atomic E-state index is 0.0323. The lowest BCUT2D eigenvalue weighted by molar-refractivity contribution is -0.885. The number of nitrogens with one attached hydrogen (secondary N) is 2. The first-order valence-corrected chi connectivity index (χ1v) is 9.07. The first-order valence-electron chi connectivity index (χ1n) is 9.07. The molecule has 0 aliphatic heterocycles. The molecule has 0 aliphatic carbocycles. The van der Waals surface area contributed by atoms with Crippen molar-refractivity contribution in [3.63, 3.8) is 0 Å². The first-order chi connectivity index (χ1) is 13.1. The van der Waals surface area contributed by atoms with Gasteiger partial charge in [-0.2, -0.15) is 0 Å². The van der Waals surface area contributed by atoms with Crippen LogP contribution in [0.15, 0.2) is 78.9 Å². The first kappa shape index (κ1) is 18.8. The van der Waals surface area contributed by atoms with E-state index < -0.39 is 0 Å². The van der Waals surface area contributed by atoms with Gasteiger partial charge in [0.15, 0.2) is 6.54 Å². The van der Waals surface area contributed by atoms with E-state index in [4.69, 9.17) is 0 Å². The molecule has 4 heteroatoms. The second kappa shape index (κ2) is 9.10. The molecule has 0 aliphatic rings. The monoisotopic (exact) mass is 363 g/mol. The van der Waals surface area contributed by atoms with Crippen LogP contribution in [0.2, 0.25) is 0 Å². The Labute approximate surface area is 159 Å². The second-order valence-corrected chi connectivity index (χ2v) is 6.80. The number of rotatable bonds is 7. The van der Waals surface area contributed by atoms with Crippen molar-refractivity contribution < 1.29 is 14.1 Å². The number of carbonyl (C=O) groups excluding carboxylic acids is 1. The van der Waals surface area contributed by atoms with E-state index in [9.17, 15) is 9.18 Å². The number of amides is 1. The predicted octanol–water partition coefficient (Wildman–Crippen LogP) is 3.07. The zero-order chi connectivity index (χ0) is 19.1. The number of benzene rings is 3. The Morgan fingerprint density at radius 1 is 0.889 bits per heavy atom. The van der Waals surface area contributed by atoms with Crippen LogP contribution in [0.4, 0.5) is 10.1 Å². The molecule has 138 valence electrons. The molecule has 0 aromatic heterocycles. The maximum absolute atomic E-state index is 13.0. The summed E-state index contributed by atoms with van der Waals surface area (Å²) < 4.78 is 13.0. The van der Waals surface area contributed by atoms with E-state index in [1.807, 2.05) is 49.5 Å². The van der Waals surface area contributed by atoms with E-state index in [0.717, 1.165) is 28.1 Å². The van der Waals surface area contributed by atoms with Crippen LogP contribution < -0.4 is 10.2 Å². The Balaban J connectivity index is 1.59. The molecular weight excluding hydrogens is 339 g/mol. The number of hydrogen-bond donors (Lipinski definition) is 2. The lowest BCUT2D eigenvalue weighted by Crippen LogP contribution is -3.08. The molecule has 1 atom stereocenters. The van der Waals surface area contributed by atoms with Gasteiger partial charge in [0.2, 0.25) is 0 Å². The lowest BCUT2D eigenvalue weighted by atomic mass is 10.0. The summed E-state index contributed by atoms with van der Waals surface area (Å²) in [7, 11) is 1.96. The van der Waals surface area contributed by atoms with Gasteiger partial charge < -0.3 is 10.2 Å². The average Bonchev–Trinajstić information content (AvgIpc) is 2.66. The quantitative estimate of drug-likeness (QED) is 0.665. The lowest BCUT2D eigenvalue weighted by Gasteiger charge is -2.15. The van der Waals surface area contributed by atoms with Crippen molar-refractivity contribution in [2.24, 2.45) is 0 Å². The van der Waals surface area contributed by atoms with Crippen LogP contribution in [0.3, 0.4) is 0 Å². The zero-order valence-corrected chi connectivity index (χ0v) is 15.4. The average molecular weight is 363 g/mol. The fraction of sp³-hybridized carbons (Fsp3) is 0.174. The van der Waals surface area contributed by atoms with Gasteiger partial charge >= 0.3 is 0 Å². The maximum Gasteiger partial charge on any atom is 0.279 e. The summed E-state index contributed by atoms with van der Waals surface area (Å²) in [5, 5.41) is 3.04. The molecule has 27 heavy (non-hydrogen) atoms. The van der Waals surface area contributed by atoms with E-state index in [1.54, 1.807) is 12.1 Å². The van der Waals surface area contributed by atoms with Crippen LogP contribution in [-0.2, 0) is 17.8 Å². The Morgan fingerprint density at radius 2 is 1.56 bits per heavy atom. The highest BCUT2D eigenvalue weighted by Crippen LogP contribution is 2.18. The highest BCUT2D eigenvalue weighted by atomic mass is 19.1. The van der Waals surface area contributed by atoms with Crippen LogP contribution in [0.1, 0.15) is 16.7 Å². The van der Waals surface area contributed by atoms with Crippen molar-refractivity contribution in [3.05, 3.63) is 101 Å². The second-order valence-electron chi connectivity index (χ2n) is 6.80. The smallest absolute Gasteiger partial charge is 0.279 e. The number of quaternary nitrogens is 1. The summed E-state index contributed by atoms with van der Waals surface area (Å²) in [5.74, 6) is -0.278. The van der Waals surface area contributed by atoms with Crippen molar-refractivity contribution in [2.45, 2.75) is 13.0 Å². The fourth-order valence-corrected chi connectivity index (χ4v) is 3.09. The molecular formula is C23H24FN2O+. The number of para-hydroxylation sites is 1. The summed E-state index contributed by atoms with van der Waals surface area (Å²) in [6, 6.07) is 24.5. The molecule has 0 bridgehead atoms. The molecule has 0 radical (unpaired) electrons. The molecule has 3 aromatic carbocycles. The standard InChI is InChI=1S/C23H23FN2O/c1-26(16-19-11-13-21(24)14-12-19)17-23(27)25-22-10-6-5-9-20(22)15-18-7-3-2-4-8-18/h2-14H,15-17H2,1H3,(H,25,27)/p+1. The van der Waals surface area contributed by atoms with E-state index in [0.29, 0.717) is 13.1 Å². The molecule has 3 nitrogen and oxygen atoms in total. The van der Waals surface area contributed by atoms with E-state index in [2.05, 4.69) is 17.4 Å². The van der Waals surface area contributed by atoms with Gasteiger partial charge in [0.1, 0.15) is 12.4 Å². The molecule has 1 unspecified atom stereocenters. The highest BCUT2D eigenvalue weighted by Gasteiger charge is 2.13. The SMILES string of the molecule is C[NH+](CC(=O)Nc1ccccc1Cc1ccccc1)Cc1ccc(F)cc1. The number of hydrogen-bond acceptors (Lipinski definition) is 1. The van der Waals surface area contributed by atoms with Gasteiger partial charge in [-0.1, -0.05) is 60.7 Å². The van der Waals surface area contributed by atoms with Crippen molar-refractivity contribution in [1.82, 2.24) is 0 Å². The number of halogens is 1. The Morgan fingerprint density at radius 3 is 2.30 bits per heavy atom. The van der Waals surface area contributed by atoms with Gasteiger partial charge in [-0.25, -0.2) is 4.39 Å². The fourth-order valence-electron chi connectivity index (χ4n) is 3.09. The van der Waals surface area contributed by atoms with Crippen molar-refractivity contribution >= 4 is 11.6 Å². The third kappa shape index (κ3) is 5.76. The molecule has 0 saturated carbocycles. The van der Waals surface area contributed by atoms with Crippen LogP contribution in [0.25, 0.3) is 0 Å². The minimum Gasteiger partial charge on any atom is -0.326 e. The summed E-state index contributed by atoms with van der Waals surface area (Å²) >= 11 is 0. The summed E-state index contributed by atoms with van der Waals surface area (Å²) in [4.78, 5) is 13.5. The third-order valence-corrected chi connectivity index (χ3v) is 4.41. The van der Waals surface area contributed by atoms with Gasteiger partial charge in [-0.05, 0) is 35.7 Å². The van der Waals surface area contributed by atoms with Crippen molar-refractivity contribution in [2.75, 3.05) is 18.9 Å². The minimum atomic E-state index is -0.246. The predicted molar refractivity (Wildman–Crippen MR) is 106 cm³/mol. The van der Waals surface area contributed by atoms with Crippen molar-refractivity contribution in [3.8, 4) is 0 Å². The molecule has 2 N–H and O–H groups in total. The molecule has 0 spiro atoms. The van der Waals surface area contributed by atoms with Crippen LogP contribution in [0.5, 0.6) is 0 Å². The molecule has 0 saturated heterocycles. The Bertz CT molecular complexity index is 878. The van der Waals surface area contributed by atoms with E-state index in [-0.39, 0.29) is 11.7 Å². The normalized spacial score (nSPS) is 11.8. The molecule has 1 amide bonds. The van der Waals surface area contributed by atoms with Gasteiger partial charge in [0, 0.05) is 11.3 Å². The number of anilines is 1. The third-order valence-electron chi connectivity index (χ3n) is 4.41. The topological polar surface area (TPSA) is 33.5 Å². The molecule has 0 heterocycles. The maximum atomic E-state index is 13.0. The number of likely N-dealkylation sites (N-methyl/N-ethyl adjacent to an activating group) is 1. The summed E-state index contributed by atoms with van der Waals surface area (Å²) in [6.07, 6.45) is 0.773. The summed E-state index contributed by atoms with van der Waals surface area (Å²) in [5.41, 5.74) is 4.15. The van der Waals surface area contributed by atoms with Gasteiger partial charge in [-0.15, -0.1) is 0 Å². The van der Waals surface area contributed by atoms with E-state index >= 15 is 0 Å². The largest absolute Gasteiger partial charge is 0.326 e. The zero-order valence-electron chi connectivity index (χ0n) is 15.4. The van der Waals surface area contributed by atoms with Crippen LogP contribution >= 0.6 is 0 Å². The number of carbonyl (C=O) groups is 1. The Kier molecular flexibility index (Phi) is 6.34. The van der Waals surface area contributed by atoms with Gasteiger partial charge in [-0.3, -0.25) is 4.79 Å². The molecule has 3 rings (SSSR count).